The summed E-state index contributed by atoms with van der Waals surface area (Å²) in [5.41, 5.74) is 0.270. The van der Waals surface area contributed by atoms with Crippen LogP contribution in [-0.4, -0.2) is 30.6 Å². The molecular weight excluding hydrogens is 222 g/mol. The van der Waals surface area contributed by atoms with Crippen molar-refractivity contribution in [3.05, 3.63) is 29.8 Å². The molecule has 4 heteroatoms. The Balaban J connectivity index is 2.03. The summed E-state index contributed by atoms with van der Waals surface area (Å²) in [6.45, 7) is 3.13. The van der Waals surface area contributed by atoms with Crippen LogP contribution in [0.1, 0.15) is 19.8 Å². The molecule has 1 fully saturated rings. The van der Waals surface area contributed by atoms with Gasteiger partial charge in [0.15, 0.2) is 0 Å². The number of anilines is 1. The van der Waals surface area contributed by atoms with Crippen molar-refractivity contribution in [1.82, 2.24) is 4.90 Å². The summed E-state index contributed by atoms with van der Waals surface area (Å²) in [6.07, 6.45) is 1.91. The van der Waals surface area contributed by atoms with Gasteiger partial charge in [-0.3, -0.25) is 0 Å². The van der Waals surface area contributed by atoms with E-state index >= 15 is 0 Å². The molecule has 0 spiro atoms. The fourth-order valence-corrected chi connectivity index (χ4v) is 2.25. The van der Waals surface area contributed by atoms with Crippen molar-refractivity contribution in [3.63, 3.8) is 0 Å². The predicted molar refractivity (Wildman–Crippen MR) is 65.1 cm³/mol. The SMILES string of the molecule is CC1CC(Nc2cc(F)ccc2F)CCN1C. The van der Waals surface area contributed by atoms with Crippen LogP contribution in [0.3, 0.4) is 0 Å². The number of nitrogens with one attached hydrogen (secondary N) is 1. The van der Waals surface area contributed by atoms with Crippen molar-refractivity contribution in [2.75, 3.05) is 18.9 Å². The van der Waals surface area contributed by atoms with Gasteiger partial charge in [0.05, 0.1) is 5.69 Å². The van der Waals surface area contributed by atoms with Gasteiger partial charge in [-0.1, -0.05) is 0 Å². The number of benzene rings is 1. The van der Waals surface area contributed by atoms with Gasteiger partial charge in [0.2, 0.25) is 0 Å². The van der Waals surface area contributed by atoms with E-state index in [9.17, 15) is 8.78 Å². The summed E-state index contributed by atoms with van der Waals surface area (Å²) >= 11 is 0. The van der Waals surface area contributed by atoms with Crippen LogP contribution in [0.5, 0.6) is 0 Å². The molecule has 1 heterocycles. The smallest absolute Gasteiger partial charge is 0.146 e. The van der Waals surface area contributed by atoms with Crippen LogP contribution in [-0.2, 0) is 0 Å². The second-order valence-electron chi connectivity index (χ2n) is 4.82. The Bertz CT molecular complexity index is 395. The molecule has 2 atom stereocenters. The summed E-state index contributed by atoms with van der Waals surface area (Å²) in [6, 6.07) is 4.21. The van der Waals surface area contributed by atoms with E-state index in [4.69, 9.17) is 0 Å². The van der Waals surface area contributed by atoms with E-state index in [0.717, 1.165) is 31.5 Å². The molecule has 1 aliphatic heterocycles. The molecule has 1 N–H and O–H groups in total. The molecule has 0 radical (unpaired) electrons. The third-order valence-corrected chi connectivity index (χ3v) is 3.50. The molecule has 2 unspecified atom stereocenters. The van der Waals surface area contributed by atoms with Crippen molar-refractivity contribution in [2.24, 2.45) is 0 Å². The fourth-order valence-electron chi connectivity index (χ4n) is 2.25. The first-order chi connectivity index (χ1) is 8.06. The van der Waals surface area contributed by atoms with Gasteiger partial charge in [0, 0.05) is 18.6 Å². The van der Waals surface area contributed by atoms with Gasteiger partial charge in [-0.05, 0) is 45.0 Å². The summed E-state index contributed by atoms with van der Waals surface area (Å²) in [4.78, 5) is 2.28. The third kappa shape index (κ3) is 2.94. The average Bonchev–Trinajstić information content (AvgIpc) is 2.29. The average molecular weight is 240 g/mol. The van der Waals surface area contributed by atoms with E-state index in [1.165, 1.54) is 6.07 Å². The van der Waals surface area contributed by atoms with Crippen LogP contribution < -0.4 is 5.32 Å². The molecule has 94 valence electrons. The first-order valence-electron chi connectivity index (χ1n) is 5.98. The van der Waals surface area contributed by atoms with E-state index in [1.54, 1.807) is 0 Å². The second kappa shape index (κ2) is 5.00. The lowest BCUT2D eigenvalue weighted by Gasteiger charge is -2.35. The maximum absolute atomic E-state index is 13.5. The molecule has 1 aromatic rings. The lowest BCUT2D eigenvalue weighted by Crippen LogP contribution is -2.42. The van der Waals surface area contributed by atoms with Crippen molar-refractivity contribution in [2.45, 2.75) is 31.8 Å². The molecule has 0 aliphatic carbocycles. The quantitative estimate of drug-likeness (QED) is 0.855. The number of piperidine rings is 1. The van der Waals surface area contributed by atoms with Gasteiger partial charge in [-0.25, -0.2) is 8.78 Å². The molecule has 2 rings (SSSR count). The Hall–Kier alpha value is -1.16. The van der Waals surface area contributed by atoms with Gasteiger partial charge < -0.3 is 10.2 Å². The molecular formula is C13H18F2N2. The molecule has 1 saturated heterocycles. The Morgan fingerprint density at radius 1 is 1.35 bits per heavy atom. The summed E-state index contributed by atoms with van der Waals surface area (Å²) in [5, 5.41) is 3.10. The Kier molecular flexibility index (Phi) is 3.62. The molecule has 17 heavy (non-hydrogen) atoms. The zero-order valence-electron chi connectivity index (χ0n) is 10.2. The van der Waals surface area contributed by atoms with Crippen LogP contribution in [0.15, 0.2) is 18.2 Å². The molecule has 0 amide bonds. The largest absolute Gasteiger partial charge is 0.380 e. The fraction of sp³-hybridized carbons (Fsp3) is 0.538. The molecule has 1 aromatic carbocycles. The monoisotopic (exact) mass is 240 g/mol. The minimum absolute atomic E-state index is 0.220. The highest BCUT2D eigenvalue weighted by Gasteiger charge is 2.23. The lowest BCUT2D eigenvalue weighted by molar-refractivity contribution is 0.190. The van der Waals surface area contributed by atoms with Gasteiger partial charge in [-0.15, -0.1) is 0 Å². The van der Waals surface area contributed by atoms with Gasteiger partial charge in [0.1, 0.15) is 11.6 Å². The summed E-state index contributed by atoms with van der Waals surface area (Å²) in [7, 11) is 2.09. The van der Waals surface area contributed by atoms with Crippen LogP contribution in [0.4, 0.5) is 14.5 Å². The zero-order chi connectivity index (χ0) is 12.4. The Labute approximate surface area is 101 Å². The number of hydrogen-bond donors (Lipinski definition) is 1. The van der Waals surface area contributed by atoms with E-state index < -0.39 is 11.6 Å². The Morgan fingerprint density at radius 2 is 2.12 bits per heavy atom. The first-order valence-corrected chi connectivity index (χ1v) is 5.98. The van der Waals surface area contributed by atoms with Crippen molar-refractivity contribution in [1.29, 1.82) is 0 Å². The van der Waals surface area contributed by atoms with Crippen LogP contribution in [0.2, 0.25) is 0 Å². The molecule has 0 saturated carbocycles. The van der Waals surface area contributed by atoms with Crippen LogP contribution in [0, 0.1) is 11.6 Å². The number of nitrogens with zero attached hydrogens (tertiary/aromatic N) is 1. The van der Waals surface area contributed by atoms with Gasteiger partial charge in [-0.2, -0.15) is 0 Å². The van der Waals surface area contributed by atoms with Gasteiger partial charge >= 0.3 is 0 Å². The molecule has 0 bridgehead atoms. The van der Waals surface area contributed by atoms with Crippen molar-refractivity contribution < 1.29 is 8.78 Å². The van der Waals surface area contributed by atoms with E-state index in [0.29, 0.717) is 6.04 Å². The van der Waals surface area contributed by atoms with Gasteiger partial charge in [0.25, 0.3) is 0 Å². The van der Waals surface area contributed by atoms with Crippen LogP contribution >= 0.6 is 0 Å². The second-order valence-corrected chi connectivity index (χ2v) is 4.82. The maximum Gasteiger partial charge on any atom is 0.146 e. The highest BCUT2D eigenvalue weighted by atomic mass is 19.1. The highest BCUT2D eigenvalue weighted by molar-refractivity contribution is 5.45. The van der Waals surface area contributed by atoms with E-state index in [-0.39, 0.29) is 11.7 Å². The van der Waals surface area contributed by atoms with Crippen molar-refractivity contribution in [3.8, 4) is 0 Å². The summed E-state index contributed by atoms with van der Waals surface area (Å²) in [5.74, 6) is -0.798. The van der Waals surface area contributed by atoms with E-state index in [2.05, 4.69) is 24.2 Å². The number of rotatable bonds is 2. The van der Waals surface area contributed by atoms with Crippen molar-refractivity contribution >= 4 is 5.69 Å². The number of likely N-dealkylation sites (tertiary alicyclic amines) is 1. The normalized spacial score (nSPS) is 25.9. The van der Waals surface area contributed by atoms with E-state index in [1.807, 2.05) is 0 Å². The maximum atomic E-state index is 13.5. The minimum Gasteiger partial charge on any atom is -0.380 e. The molecule has 1 aliphatic rings. The number of hydrogen-bond acceptors (Lipinski definition) is 2. The molecule has 0 aromatic heterocycles. The van der Waals surface area contributed by atoms with Crippen LogP contribution in [0.25, 0.3) is 0 Å². The third-order valence-electron chi connectivity index (χ3n) is 3.50. The Morgan fingerprint density at radius 3 is 2.82 bits per heavy atom. The standard InChI is InChI=1S/C13H18F2N2/c1-9-7-11(5-6-17(9)2)16-13-8-10(14)3-4-12(13)15/h3-4,8-9,11,16H,5-7H2,1-2H3. The summed E-state index contributed by atoms with van der Waals surface area (Å²) < 4.78 is 26.5. The lowest BCUT2D eigenvalue weighted by atomic mass is 9.98. The topological polar surface area (TPSA) is 15.3 Å². The predicted octanol–water partition coefficient (Wildman–Crippen LogP) is 2.86. The zero-order valence-corrected chi connectivity index (χ0v) is 10.2. The molecule has 2 nitrogen and oxygen atoms in total. The minimum atomic E-state index is -0.408. The highest BCUT2D eigenvalue weighted by Crippen LogP contribution is 2.22. The number of halogens is 2. The first kappa shape index (κ1) is 12.3.